The standard InChI is InChI=1S/C21H16O6/c1-10(2)19-18(23)13-7-8-15-17(20(13)27-19)14(9-16(22)26-15)11-3-5-12(6-4-11)21(24)25/h3-8,14H,9H2,1-2H3,(H,24,25). The Morgan fingerprint density at radius 1 is 1.04 bits per heavy atom. The third-order valence-corrected chi connectivity index (χ3v) is 4.77. The highest BCUT2D eigenvalue weighted by molar-refractivity contribution is 6.13. The number of ketones is 1. The first-order valence-electron chi connectivity index (χ1n) is 8.47. The Balaban J connectivity index is 1.87. The van der Waals surface area contributed by atoms with E-state index in [4.69, 9.17) is 14.6 Å². The second-order valence-corrected chi connectivity index (χ2v) is 6.77. The molecule has 0 bridgehead atoms. The SMILES string of the molecule is CC(C)=C1Oc2c(ccc3c2C(c2ccc(C(=O)O)cc2)CC(=O)O3)C1=O. The molecule has 6 nitrogen and oxygen atoms in total. The average Bonchev–Trinajstić information content (AvgIpc) is 2.98. The quantitative estimate of drug-likeness (QED) is 0.496. The number of rotatable bonds is 2. The predicted molar refractivity (Wildman–Crippen MR) is 95.3 cm³/mol. The van der Waals surface area contributed by atoms with E-state index in [1.54, 1.807) is 38.1 Å². The number of carboxylic acids is 1. The Labute approximate surface area is 155 Å². The van der Waals surface area contributed by atoms with E-state index in [-0.39, 0.29) is 35.4 Å². The van der Waals surface area contributed by atoms with E-state index in [9.17, 15) is 14.4 Å². The van der Waals surface area contributed by atoms with Crippen molar-refractivity contribution in [1.82, 2.24) is 0 Å². The molecular weight excluding hydrogens is 348 g/mol. The number of Topliss-reactive ketones (excluding diaryl/α,β-unsaturated/α-hetero) is 1. The zero-order valence-corrected chi connectivity index (χ0v) is 14.7. The number of carbonyl (C=O) groups is 3. The number of benzene rings is 2. The van der Waals surface area contributed by atoms with Crippen LogP contribution in [0.3, 0.4) is 0 Å². The van der Waals surface area contributed by atoms with Gasteiger partial charge in [-0.3, -0.25) is 9.59 Å². The smallest absolute Gasteiger partial charge is 0.335 e. The van der Waals surface area contributed by atoms with Gasteiger partial charge in [-0.2, -0.15) is 0 Å². The zero-order valence-electron chi connectivity index (χ0n) is 14.7. The Morgan fingerprint density at radius 2 is 1.74 bits per heavy atom. The molecule has 0 saturated carbocycles. The van der Waals surface area contributed by atoms with Crippen molar-refractivity contribution in [2.24, 2.45) is 0 Å². The number of esters is 1. The summed E-state index contributed by atoms with van der Waals surface area (Å²) in [5.74, 6) is -0.925. The first-order valence-corrected chi connectivity index (χ1v) is 8.47. The van der Waals surface area contributed by atoms with Crippen LogP contribution in [0.25, 0.3) is 0 Å². The van der Waals surface area contributed by atoms with E-state index in [0.717, 1.165) is 11.1 Å². The van der Waals surface area contributed by atoms with Gasteiger partial charge in [0.1, 0.15) is 11.5 Å². The minimum absolute atomic E-state index is 0.0809. The summed E-state index contributed by atoms with van der Waals surface area (Å²) in [4.78, 5) is 35.8. The lowest BCUT2D eigenvalue weighted by molar-refractivity contribution is -0.135. The molecule has 6 heteroatoms. The van der Waals surface area contributed by atoms with Crippen LogP contribution in [0.2, 0.25) is 0 Å². The first-order chi connectivity index (χ1) is 12.9. The highest BCUT2D eigenvalue weighted by atomic mass is 16.5. The van der Waals surface area contributed by atoms with Crippen LogP contribution in [-0.4, -0.2) is 22.8 Å². The minimum Gasteiger partial charge on any atom is -0.478 e. The second kappa shape index (κ2) is 6.09. The van der Waals surface area contributed by atoms with Crippen molar-refractivity contribution in [1.29, 1.82) is 0 Å². The zero-order chi connectivity index (χ0) is 19.3. The Kier molecular flexibility index (Phi) is 3.84. The van der Waals surface area contributed by atoms with Crippen molar-refractivity contribution < 1.29 is 29.0 Å². The molecule has 2 aliphatic rings. The number of hydrogen-bond acceptors (Lipinski definition) is 5. The van der Waals surface area contributed by atoms with Crippen LogP contribution in [0.1, 0.15) is 58.0 Å². The summed E-state index contributed by atoms with van der Waals surface area (Å²) in [6.07, 6.45) is 0.0809. The molecule has 0 aliphatic carbocycles. The van der Waals surface area contributed by atoms with Crippen molar-refractivity contribution >= 4 is 17.7 Å². The van der Waals surface area contributed by atoms with E-state index in [1.165, 1.54) is 12.1 Å². The normalized spacial score (nSPS) is 17.7. The van der Waals surface area contributed by atoms with E-state index < -0.39 is 5.97 Å². The summed E-state index contributed by atoms with van der Waals surface area (Å²) in [5.41, 5.74) is 2.76. The topological polar surface area (TPSA) is 89.9 Å². The summed E-state index contributed by atoms with van der Waals surface area (Å²) >= 11 is 0. The summed E-state index contributed by atoms with van der Waals surface area (Å²) in [7, 11) is 0. The maximum absolute atomic E-state index is 12.6. The third-order valence-electron chi connectivity index (χ3n) is 4.77. The molecule has 1 atom stereocenters. The number of hydrogen-bond donors (Lipinski definition) is 1. The van der Waals surface area contributed by atoms with Gasteiger partial charge < -0.3 is 14.6 Å². The van der Waals surface area contributed by atoms with E-state index in [1.807, 2.05) is 0 Å². The molecule has 2 heterocycles. The Bertz CT molecular complexity index is 1030. The van der Waals surface area contributed by atoms with Crippen molar-refractivity contribution in [2.45, 2.75) is 26.2 Å². The molecule has 2 aliphatic heterocycles. The van der Waals surface area contributed by atoms with E-state index in [2.05, 4.69) is 0 Å². The van der Waals surface area contributed by atoms with Crippen LogP contribution in [0.5, 0.6) is 11.5 Å². The molecule has 4 rings (SSSR count). The van der Waals surface area contributed by atoms with Crippen molar-refractivity contribution in [3.8, 4) is 11.5 Å². The van der Waals surface area contributed by atoms with Gasteiger partial charge in [0, 0.05) is 11.5 Å². The first kappa shape index (κ1) is 17.0. The van der Waals surface area contributed by atoms with Gasteiger partial charge in [0.05, 0.1) is 17.5 Å². The summed E-state index contributed by atoms with van der Waals surface area (Å²) in [6.45, 7) is 3.60. The lowest BCUT2D eigenvalue weighted by atomic mass is 9.84. The summed E-state index contributed by atoms with van der Waals surface area (Å²) < 4.78 is 11.2. The van der Waals surface area contributed by atoms with Gasteiger partial charge in [-0.1, -0.05) is 12.1 Å². The van der Waals surface area contributed by atoms with Gasteiger partial charge in [-0.15, -0.1) is 0 Å². The van der Waals surface area contributed by atoms with E-state index >= 15 is 0 Å². The molecule has 2 aromatic rings. The molecule has 0 radical (unpaired) electrons. The minimum atomic E-state index is -1.02. The molecule has 0 fully saturated rings. The number of carbonyl (C=O) groups excluding carboxylic acids is 2. The third kappa shape index (κ3) is 2.70. The summed E-state index contributed by atoms with van der Waals surface area (Å²) in [6, 6.07) is 9.56. The predicted octanol–water partition coefficient (Wildman–Crippen LogP) is 3.69. The number of ether oxygens (including phenoxy) is 2. The largest absolute Gasteiger partial charge is 0.478 e. The Hall–Kier alpha value is -3.41. The van der Waals surface area contributed by atoms with Gasteiger partial charge in [0.2, 0.25) is 5.78 Å². The maximum atomic E-state index is 12.6. The molecule has 27 heavy (non-hydrogen) atoms. The number of aromatic carboxylic acids is 1. The van der Waals surface area contributed by atoms with Crippen LogP contribution in [0.15, 0.2) is 47.7 Å². The molecule has 0 saturated heterocycles. The fraction of sp³-hybridized carbons (Fsp3) is 0.190. The van der Waals surface area contributed by atoms with Crippen LogP contribution in [0, 0.1) is 0 Å². The van der Waals surface area contributed by atoms with Gasteiger partial charge >= 0.3 is 11.9 Å². The highest BCUT2D eigenvalue weighted by Gasteiger charge is 2.38. The van der Waals surface area contributed by atoms with Gasteiger partial charge in [0.25, 0.3) is 0 Å². The fourth-order valence-corrected chi connectivity index (χ4v) is 3.46. The molecule has 0 aromatic heterocycles. The van der Waals surface area contributed by atoms with Gasteiger partial charge in [-0.05, 0) is 49.2 Å². The molecule has 0 spiro atoms. The second-order valence-electron chi connectivity index (χ2n) is 6.77. The van der Waals surface area contributed by atoms with Crippen molar-refractivity contribution in [3.63, 3.8) is 0 Å². The molecule has 1 N–H and O–H groups in total. The van der Waals surface area contributed by atoms with Crippen LogP contribution in [-0.2, 0) is 4.79 Å². The van der Waals surface area contributed by atoms with Crippen molar-refractivity contribution in [3.05, 3.63) is 70.0 Å². The number of carboxylic acid groups (broad SMARTS) is 1. The molecule has 2 aromatic carbocycles. The lowest BCUT2D eigenvalue weighted by Crippen LogP contribution is -2.21. The lowest BCUT2D eigenvalue weighted by Gasteiger charge is -2.26. The van der Waals surface area contributed by atoms with Gasteiger partial charge in [-0.25, -0.2) is 4.79 Å². The van der Waals surface area contributed by atoms with E-state index in [0.29, 0.717) is 22.6 Å². The maximum Gasteiger partial charge on any atom is 0.335 e. The van der Waals surface area contributed by atoms with Crippen LogP contribution < -0.4 is 9.47 Å². The van der Waals surface area contributed by atoms with Gasteiger partial charge in [0.15, 0.2) is 5.76 Å². The number of allylic oxidation sites excluding steroid dienone is 2. The molecule has 0 amide bonds. The van der Waals surface area contributed by atoms with Crippen LogP contribution in [0.4, 0.5) is 0 Å². The average molecular weight is 364 g/mol. The Morgan fingerprint density at radius 3 is 2.37 bits per heavy atom. The number of fused-ring (bicyclic) bond motifs is 3. The molecule has 136 valence electrons. The summed E-state index contributed by atoms with van der Waals surface area (Å²) in [5, 5.41) is 9.09. The van der Waals surface area contributed by atoms with Crippen molar-refractivity contribution in [2.75, 3.05) is 0 Å². The fourth-order valence-electron chi connectivity index (χ4n) is 3.46. The molecule has 1 unspecified atom stereocenters. The highest BCUT2D eigenvalue weighted by Crippen LogP contribution is 2.49. The van der Waals surface area contributed by atoms with Crippen LogP contribution >= 0.6 is 0 Å². The monoisotopic (exact) mass is 364 g/mol. The molecular formula is C21H16O6.